The first-order valence-corrected chi connectivity index (χ1v) is 8.50. The van der Waals surface area contributed by atoms with Crippen molar-refractivity contribution in [2.75, 3.05) is 11.9 Å². The fourth-order valence-electron chi connectivity index (χ4n) is 3.02. The Kier molecular flexibility index (Phi) is 3.91. The third-order valence-electron chi connectivity index (χ3n) is 4.13. The van der Waals surface area contributed by atoms with Crippen LogP contribution in [-0.2, 0) is 0 Å². The lowest BCUT2D eigenvalue weighted by Crippen LogP contribution is -2.47. The summed E-state index contributed by atoms with van der Waals surface area (Å²) in [5, 5.41) is 3.02. The van der Waals surface area contributed by atoms with Gasteiger partial charge >= 0.3 is 6.18 Å². The number of halogens is 4. The van der Waals surface area contributed by atoms with Gasteiger partial charge < -0.3 is 10.2 Å². The third-order valence-corrected chi connectivity index (χ3v) is 4.92. The zero-order chi connectivity index (χ0) is 18.5. The quantitative estimate of drug-likeness (QED) is 0.669. The largest absolute Gasteiger partial charge is 0.406 e. The van der Waals surface area contributed by atoms with Crippen LogP contribution in [0.15, 0.2) is 53.3 Å². The number of carbonyl (C=O) groups is 1. The van der Waals surface area contributed by atoms with Crippen LogP contribution in [0, 0.1) is 0 Å². The van der Waals surface area contributed by atoms with Gasteiger partial charge in [0.15, 0.2) is 0 Å². The fraction of sp³-hybridized carbons (Fsp3) is 0.176. The van der Waals surface area contributed by atoms with Crippen LogP contribution in [0.1, 0.15) is 22.2 Å². The molecule has 0 bridgehead atoms. The second-order valence-electron chi connectivity index (χ2n) is 5.86. The normalized spacial score (nSPS) is 17.3. The number of amides is 1. The van der Waals surface area contributed by atoms with Crippen LogP contribution in [0.4, 0.5) is 18.9 Å². The molecule has 1 aliphatic rings. The van der Waals surface area contributed by atoms with Crippen LogP contribution in [0.3, 0.4) is 0 Å². The van der Waals surface area contributed by atoms with Gasteiger partial charge in [0, 0.05) is 11.9 Å². The zero-order valence-electron chi connectivity index (χ0n) is 13.2. The lowest BCUT2D eigenvalue weighted by molar-refractivity contribution is -0.144. The molecule has 2 aromatic heterocycles. The number of hydrogen-bond acceptors (Lipinski definition) is 3. The highest BCUT2D eigenvalue weighted by molar-refractivity contribution is 9.10. The first kappa shape index (κ1) is 16.9. The summed E-state index contributed by atoms with van der Waals surface area (Å²) in [5.74, 6) is -0.689. The van der Waals surface area contributed by atoms with Gasteiger partial charge in [0.25, 0.3) is 5.91 Å². The van der Waals surface area contributed by atoms with Gasteiger partial charge in [-0.15, -0.1) is 0 Å². The Labute approximate surface area is 154 Å². The molecule has 5 nitrogen and oxygen atoms in total. The summed E-state index contributed by atoms with van der Waals surface area (Å²) in [5.41, 5.74) is 1.55. The topological polar surface area (TPSA) is 49.6 Å². The number of alkyl halides is 3. The Morgan fingerprint density at radius 1 is 1.15 bits per heavy atom. The van der Waals surface area contributed by atoms with Crippen LogP contribution >= 0.6 is 15.9 Å². The van der Waals surface area contributed by atoms with E-state index in [-0.39, 0.29) is 5.56 Å². The molecule has 134 valence electrons. The van der Waals surface area contributed by atoms with Gasteiger partial charge in [0.2, 0.25) is 0 Å². The highest BCUT2D eigenvalue weighted by Crippen LogP contribution is 2.37. The highest BCUT2D eigenvalue weighted by Gasteiger charge is 2.42. The molecule has 1 atom stereocenters. The number of benzene rings is 1. The lowest BCUT2D eigenvalue weighted by atomic mass is 10.1. The van der Waals surface area contributed by atoms with Crippen LogP contribution in [0.25, 0.3) is 5.65 Å². The van der Waals surface area contributed by atoms with Crippen LogP contribution in [0.2, 0.25) is 0 Å². The molecule has 1 aliphatic heterocycles. The number of nitrogens with one attached hydrogen (secondary N) is 1. The molecule has 26 heavy (non-hydrogen) atoms. The summed E-state index contributed by atoms with van der Waals surface area (Å²) in [7, 11) is 0. The van der Waals surface area contributed by atoms with Gasteiger partial charge in [-0.3, -0.25) is 9.20 Å². The predicted octanol–water partition coefficient (Wildman–Crippen LogP) is 4.23. The SMILES string of the molecule is O=C1c2ccccc2NC(c2nc3ccccn3c2Br)N1CC(F)(F)F. The van der Waals surface area contributed by atoms with Gasteiger partial charge in [-0.1, -0.05) is 18.2 Å². The summed E-state index contributed by atoms with van der Waals surface area (Å²) in [6.45, 7) is -1.38. The molecular formula is C17H12BrF3N4O. The van der Waals surface area contributed by atoms with E-state index in [1.807, 2.05) is 0 Å². The standard InChI is InChI=1S/C17H12BrF3N4O/c18-14-13(23-12-7-3-4-8-24(12)14)15-22-11-6-2-1-5-10(11)16(26)25(15)9-17(19,20)21/h1-8,15,22H,9H2. The van der Waals surface area contributed by atoms with Gasteiger partial charge in [-0.05, 0) is 40.2 Å². The first-order chi connectivity index (χ1) is 12.3. The number of anilines is 1. The number of nitrogens with zero attached hydrogens (tertiary/aromatic N) is 3. The smallest absolute Gasteiger partial charge is 0.359 e. The maximum atomic E-state index is 13.1. The van der Waals surface area contributed by atoms with Crippen LogP contribution < -0.4 is 5.32 Å². The number of pyridine rings is 1. The molecule has 3 aromatic rings. The first-order valence-electron chi connectivity index (χ1n) is 7.71. The minimum Gasteiger partial charge on any atom is -0.359 e. The molecule has 0 saturated heterocycles. The minimum absolute atomic E-state index is 0.202. The van der Waals surface area contributed by atoms with Crippen molar-refractivity contribution in [2.24, 2.45) is 0 Å². The molecule has 4 rings (SSSR count). The van der Waals surface area contributed by atoms with E-state index >= 15 is 0 Å². The molecule has 9 heteroatoms. The number of fused-ring (bicyclic) bond motifs is 2. The average molecular weight is 425 g/mol. The third kappa shape index (κ3) is 2.82. The van der Waals surface area contributed by atoms with Gasteiger partial charge in [-0.25, -0.2) is 4.98 Å². The summed E-state index contributed by atoms with van der Waals surface area (Å²) < 4.78 is 41.6. The van der Waals surface area contributed by atoms with Crippen LogP contribution in [-0.4, -0.2) is 32.9 Å². The molecule has 1 unspecified atom stereocenters. The van der Waals surface area contributed by atoms with E-state index in [2.05, 4.69) is 26.2 Å². The Bertz CT molecular complexity index is 1000. The number of aromatic nitrogens is 2. The van der Waals surface area contributed by atoms with E-state index < -0.39 is 24.8 Å². The van der Waals surface area contributed by atoms with E-state index in [1.54, 1.807) is 47.0 Å². The summed E-state index contributed by atoms with van der Waals surface area (Å²) in [6, 6.07) is 11.8. The van der Waals surface area contributed by atoms with Gasteiger partial charge in [0.05, 0.1) is 5.56 Å². The van der Waals surface area contributed by atoms with Crippen molar-refractivity contribution < 1.29 is 18.0 Å². The van der Waals surface area contributed by atoms with Gasteiger partial charge in [-0.2, -0.15) is 13.2 Å². The van der Waals surface area contributed by atoms with Crippen molar-refractivity contribution in [2.45, 2.75) is 12.3 Å². The highest BCUT2D eigenvalue weighted by atomic mass is 79.9. The number of imidazole rings is 1. The van der Waals surface area contributed by atoms with Gasteiger partial charge in [0.1, 0.15) is 28.7 Å². The van der Waals surface area contributed by atoms with Crippen molar-refractivity contribution in [3.63, 3.8) is 0 Å². The Hall–Kier alpha value is -2.55. The fourth-order valence-corrected chi connectivity index (χ4v) is 3.63. The van der Waals surface area contributed by atoms with E-state index in [0.717, 1.165) is 4.90 Å². The Morgan fingerprint density at radius 2 is 1.88 bits per heavy atom. The summed E-state index contributed by atoms with van der Waals surface area (Å²) in [6.07, 6.45) is -3.84. The van der Waals surface area contributed by atoms with Crippen LogP contribution in [0.5, 0.6) is 0 Å². The molecule has 0 radical (unpaired) electrons. The maximum absolute atomic E-state index is 13.1. The van der Waals surface area contributed by atoms with E-state index in [1.165, 1.54) is 6.07 Å². The summed E-state index contributed by atoms with van der Waals surface area (Å²) in [4.78, 5) is 17.9. The predicted molar refractivity (Wildman–Crippen MR) is 92.8 cm³/mol. The number of rotatable bonds is 2. The van der Waals surface area contributed by atoms with E-state index in [9.17, 15) is 18.0 Å². The number of para-hydroxylation sites is 1. The molecule has 3 heterocycles. The second-order valence-corrected chi connectivity index (χ2v) is 6.61. The zero-order valence-corrected chi connectivity index (χ0v) is 14.8. The van der Waals surface area contributed by atoms with Crippen molar-refractivity contribution in [3.8, 4) is 0 Å². The molecule has 0 aliphatic carbocycles. The number of carbonyl (C=O) groups excluding carboxylic acids is 1. The monoisotopic (exact) mass is 424 g/mol. The summed E-state index contributed by atoms with van der Waals surface area (Å²) >= 11 is 3.40. The molecule has 0 fully saturated rings. The average Bonchev–Trinajstić information content (AvgIpc) is 2.93. The molecule has 0 spiro atoms. The minimum atomic E-state index is -4.53. The molecular weight excluding hydrogens is 413 g/mol. The molecule has 1 aromatic carbocycles. The Balaban J connectivity index is 1.86. The molecule has 1 amide bonds. The molecule has 1 N–H and O–H groups in total. The molecule has 0 saturated carbocycles. The van der Waals surface area contributed by atoms with Crippen molar-refractivity contribution >= 4 is 33.2 Å². The van der Waals surface area contributed by atoms with Crippen molar-refractivity contribution in [3.05, 3.63) is 64.5 Å². The maximum Gasteiger partial charge on any atom is 0.406 e. The van der Waals surface area contributed by atoms with Crippen molar-refractivity contribution in [1.82, 2.24) is 14.3 Å². The Morgan fingerprint density at radius 3 is 2.62 bits per heavy atom. The second kappa shape index (κ2) is 6.01. The lowest BCUT2D eigenvalue weighted by Gasteiger charge is -2.37. The van der Waals surface area contributed by atoms with Crippen molar-refractivity contribution in [1.29, 1.82) is 0 Å². The van der Waals surface area contributed by atoms with E-state index in [0.29, 0.717) is 21.6 Å². The number of hydrogen-bond donors (Lipinski definition) is 1. The van der Waals surface area contributed by atoms with E-state index in [4.69, 9.17) is 0 Å².